The molecule has 1 fully saturated rings. The van der Waals surface area contributed by atoms with E-state index in [4.69, 9.17) is 4.74 Å². The van der Waals surface area contributed by atoms with Crippen molar-refractivity contribution in [1.82, 2.24) is 10.2 Å². The van der Waals surface area contributed by atoms with Gasteiger partial charge in [-0.05, 0) is 44.4 Å². The van der Waals surface area contributed by atoms with E-state index in [-0.39, 0.29) is 24.0 Å². The Hall–Kier alpha value is -1.56. The Kier molecular flexibility index (Phi) is 6.45. The third-order valence-corrected chi connectivity index (χ3v) is 4.52. The van der Waals surface area contributed by atoms with Crippen LogP contribution in [0.3, 0.4) is 0 Å². The maximum atomic E-state index is 12.5. The second-order valence-electron chi connectivity index (χ2n) is 5.77. The predicted molar refractivity (Wildman–Crippen MR) is 92.0 cm³/mol. The third kappa shape index (κ3) is 4.96. The number of nitrogens with zero attached hydrogens (tertiary/aromatic N) is 1. The lowest BCUT2D eigenvalue weighted by Crippen LogP contribution is -2.46. The second-order valence-corrected chi connectivity index (χ2v) is 6.69. The molecular formula is C17H23BrN2O3. The van der Waals surface area contributed by atoms with Gasteiger partial charge in [-0.1, -0.05) is 28.1 Å². The van der Waals surface area contributed by atoms with Gasteiger partial charge in [0.05, 0.1) is 18.6 Å². The first-order chi connectivity index (χ1) is 11.0. The first kappa shape index (κ1) is 17.8. The molecule has 0 bridgehead atoms. The highest BCUT2D eigenvalue weighted by atomic mass is 79.9. The molecule has 2 amide bonds. The molecule has 0 radical (unpaired) electrons. The van der Waals surface area contributed by atoms with Gasteiger partial charge in [-0.2, -0.15) is 0 Å². The third-order valence-electron chi connectivity index (χ3n) is 4.03. The fraction of sp³-hybridized carbons (Fsp3) is 0.529. The van der Waals surface area contributed by atoms with Gasteiger partial charge < -0.3 is 15.0 Å². The number of likely N-dealkylation sites (tertiary alicyclic amines) is 1. The molecule has 0 aromatic heterocycles. The summed E-state index contributed by atoms with van der Waals surface area (Å²) in [5.74, 6) is -0.186. The van der Waals surface area contributed by atoms with Gasteiger partial charge in [0.2, 0.25) is 5.91 Å². The summed E-state index contributed by atoms with van der Waals surface area (Å²) >= 11 is 3.44. The Morgan fingerprint density at radius 1 is 1.48 bits per heavy atom. The van der Waals surface area contributed by atoms with Crippen molar-refractivity contribution in [1.29, 1.82) is 0 Å². The van der Waals surface area contributed by atoms with Crippen LogP contribution in [0.4, 0.5) is 4.79 Å². The fourth-order valence-electron chi connectivity index (χ4n) is 2.76. The number of benzene rings is 1. The summed E-state index contributed by atoms with van der Waals surface area (Å²) in [5.41, 5.74) is 1.05. The van der Waals surface area contributed by atoms with Crippen molar-refractivity contribution in [3.63, 3.8) is 0 Å². The van der Waals surface area contributed by atoms with Crippen LogP contribution in [0.1, 0.15) is 38.3 Å². The number of rotatable bonds is 4. The molecule has 2 rings (SSSR count). The van der Waals surface area contributed by atoms with Crippen LogP contribution in [0.25, 0.3) is 0 Å². The molecule has 2 atom stereocenters. The van der Waals surface area contributed by atoms with E-state index in [1.807, 2.05) is 31.2 Å². The maximum Gasteiger partial charge on any atom is 0.409 e. The quantitative estimate of drug-likeness (QED) is 0.866. The summed E-state index contributed by atoms with van der Waals surface area (Å²) in [7, 11) is 0. The highest BCUT2D eigenvalue weighted by Gasteiger charge is 2.29. The molecule has 126 valence electrons. The van der Waals surface area contributed by atoms with Crippen molar-refractivity contribution in [2.45, 2.75) is 32.7 Å². The molecule has 1 heterocycles. The molecule has 0 saturated carbocycles. The number of hydrogen-bond acceptors (Lipinski definition) is 3. The number of piperidine rings is 1. The zero-order valence-electron chi connectivity index (χ0n) is 13.5. The van der Waals surface area contributed by atoms with Gasteiger partial charge in [0.1, 0.15) is 0 Å². The molecule has 1 aromatic rings. The van der Waals surface area contributed by atoms with Gasteiger partial charge in [0, 0.05) is 17.6 Å². The van der Waals surface area contributed by atoms with E-state index in [9.17, 15) is 9.59 Å². The molecule has 23 heavy (non-hydrogen) atoms. The molecule has 0 spiro atoms. The van der Waals surface area contributed by atoms with Crippen LogP contribution in [-0.4, -0.2) is 36.6 Å². The van der Waals surface area contributed by atoms with Gasteiger partial charge in [-0.25, -0.2) is 4.79 Å². The SMILES string of the molecule is CCOC(=O)N1CCCC(C(=O)NC(C)c2cccc(Br)c2)C1. The number of hydrogen-bond donors (Lipinski definition) is 1. The standard InChI is InChI=1S/C17H23BrN2O3/c1-3-23-17(22)20-9-5-7-14(11-20)16(21)19-12(2)13-6-4-8-15(18)10-13/h4,6,8,10,12,14H,3,5,7,9,11H2,1-2H3,(H,19,21). The van der Waals surface area contributed by atoms with Crippen LogP contribution in [-0.2, 0) is 9.53 Å². The smallest absolute Gasteiger partial charge is 0.409 e. The van der Waals surface area contributed by atoms with Gasteiger partial charge >= 0.3 is 6.09 Å². The average Bonchev–Trinajstić information content (AvgIpc) is 2.55. The van der Waals surface area contributed by atoms with Gasteiger partial charge in [0.15, 0.2) is 0 Å². The molecule has 2 unspecified atom stereocenters. The monoisotopic (exact) mass is 382 g/mol. The average molecular weight is 383 g/mol. The van der Waals surface area contributed by atoms with E-state index in [1.54, 1.807) is 11.8 Å². The van der Waals surface area contributed by atoms with Crippen LogP contribution in [0.2, 0.25) is 0 Å². The summed E-state index contributed by atoms with van der Waals surface area (Å²) in [6.45, 7) is 5.18. The minimum atomic E-state index is -0.329. The Bertz CT molecular complexity index is 565. The topological polar surface area (TPSA) is 58.6 Å². The first-order valence-electron chi connectivity index (χ1n) is 7.98. The lowest BCUT2D eigenvalue weighted by molar-refractivity contribution is -0.127. The zero-order valence-corrected chi connectivity index (χ0v) is 15.1. The highest BCUT2D eigenvalue weighted by Crippen LogP contribution is 2.21. The van der Waals surface area contributed by atoms with E-state index in [2.05, 4.69) is 21.2 Å². The van der Waals surface area contributed by atoms with Gasteiger partial charge in [0.25, 0.3) is 0 Å². The molecule has 5 nitrogen and oxygen atoms in total. The fourth-order valence-corrected chi connectivity index (χ4v) is 3.18. The summed E-state index contributed by atoms with van der Waals surface area (Å²) in [6.07, 6.45) is 1.29. The lowest BCUT2D eigenvalue weighted by Gasteiger charge is -2.31. The summed E-state index contributed by atoms with van der Waals surface area (Å²) in [5, 5.41) is 3.05. The number of carbonyl (C=O) groups is 2. The molecular weight excluding hydrogens is 360 g/mol. The summed E-state index contributed by atoms with van der Waals surface area (Å²) in [4.78, 5) is 25.9. The largest absolute Gasteiger partial charge is 0.450 e. The number of carbonyl (C=O) groups excluding carboxylic acids is 2. The van der Waals surface area contributed by atoms with Crippen LogP contribution >= 0.6 is 15.9 Å². The van der Waals surface area contributed by atoms with Crippen LogP contribution in [0, 0.1) is 5.92 Å². The second kappa shape index (κ2) is 8.34. The molecule has 1 saturated heterocycles. The number of ether oxygens (including phenoxy) is 1. The zero-order chi connectivity index (χ0) is 16.8. The van der Waals surface area contributed by atoms with Crippen LogP contribution in [0.15, 0.2) is 28.7 Å². The Morgan fingerprint density at radius 3 is 2.96 bits per heavy atom. The Balaban J connectivity index is 1.93. The Morgan fingerprint density at radius 2 is 2.26 bits per heavy atom. The summed E-state index contributed by atoms with van der Waals surface area (Å²) in [6, 6.07) is 7.82. The minimum absolute atomic E-state index is 0.00789. The normalized spacial score (nSPS) is 19.1. The molecule has 0 aliphatic carbocycles. The van der Waals surface area contributed by atoms with E-state index in [1.165, 1.54) is 0 Å². The molecule has 1 aliphatic heterocycles. The number of amides is 2. The molecule has 1 aromatic carbocycles. The maximum absolute atomic E-state index is 12.5. The number of nitrogens with one attached hydrogen (secondary N) is 1. The van der Waals surface area contributed by atoms with Crippen molar-refractivity contribution >= 4 is 27.9 Å². The number of halogens is 1. The van der Waals surface area contributed by atoms with Crippen molar-refractivity contribution in [3.8, 4) is 0 Å². The predicted octanol–water partition coefficient (Wildman–Crippen LogP) is 3.49. The van der Waals surface area contributed by atoms with Gasteiger partial charge in [-0.15, -0.1) is 0 Å². The van der Waals surface area contributed by atoms with Crippen molar-refractivity contribution in [2.75, 3.05) is 19.7 Å². The van der Waals surface area contributed by atoms with Crippen molar-refractivity contribution in [2.24, 2.45) is 5.92 Å². The first-order valence-corrected chi connectivity index (χ1v) is 8.78. The molecule has 1 N–H and O–H groups in total. The van der Waals surface area contributed by atoms with E-state index in [0.717, 1.165) is 22.9 Å². The Labute approximate surface area is 145 Å². The van der Waals surface area contributed by atoms with E-state index in [0.29, 0.717) is 19.7 Å². The molecule has 6 heteroatoms. The summed E-state index contributed by atoms with van der Waals surface area (Å²) < 4.78 is 6.01. The highest BCUT2D eigenvalue weighted by molar-refractivity contribution is 9.10. The van der Waals surface area contributed by atoms with Crippen LogP contribution < -0.4 is 5.32 Å². The van der Waals surface area contributed by atoms with Crippen LogP contribution in [0.5, 0.6) is 0 Å². The molecule has 1 aliphatic rings. The van der Waals surface area contributed by atoms with E-state index >= 15 is 0 Å². The van der Waals surface area contributed by atoms with E-state index < -0.39 is 0 Å². The lowest BCUT2D eigenvalue weighted by atomic mass is 9.96. The van der Waals surface area contributed by atoms with Crippen molar-refractivity contribution < 1.29 is 14.3 Å². The van der Waals surface area contributed by atoms with Crippen molar-refractivity contribution in [3.05, 3.63) is 34.3 Å². The minimum Gasteiger partial charge on any atom is -0.450 e. The van der Waals surface area contributed by atoms with Gasteiger partial charge in [-0.3, -0.25) is 4.79 Å².